The van der Waals surface area contributed by atoms with E-state index in [4.69, 9.17) is 15.9 Å². The van der Waals surface area contributed by atoms with Crippen molar-refractivity contribution in [3.8, 4) is 0 Å². The summed E-state index contributed by atoms with van der Waals surface area (Å²) in [6.45, 7) is 0. The van der Waals surface area contributed by atoms with Gasteiger partial charge in [0.05, 0.1) is 5.92 Å². The van der Waals surface area contributed by atoms with Crippen LogP contribution in [0.4, 0.5) is 0 Å². The van der Waals surface area contributed by atoms with Crippen molar-refractivity contribution < 1.29 is 19.8 Å². The van der Waals surface area contributed by atoms with Gasteiger partial charge in [0.15, 0.2) is 0 Å². The first kappa shape index (κ1) is 8.99. The highest BCUT2D eigenvalue weighted by molar-refractivity contribution is 5.87. The monoisotopic (exact) mass is 173 g/mol. The summed E-state index contributed by atoms with van der Waals surface area (Å²) in [7, 11) is 0. The molecular weight excluding hydrogens is 162 g/mol. The Bertz CT molecular complexity index is 227. The van der Waals surface area contributed by atoms with Crippen LogP contribution >= 0.6 is 0 Å². The molecule has 0 saturated heterocycles. The van der Waals surface area contributed by atoms with Gasteiger partial charge in [-0.15, -0.1) is 0 Å². The third kappa shape index (κ3) is 1.16. The number of carboxylic acids is 2. The number of hydrogen-bond acceptors (Lipinski definition) is 3. The highest BCUT2D eigenvalue weighted by Gasteiger charge is 2.49. The van der Waals surface area contributed by atoms with Gasteiger partial charge >= 0.3 is 11.9 Å². The minimum Gasteiger partial charge on any atom is -0.481 e. The van der Waals surface area contributed by atoms with E-state index >= 15 is 0 Å². The van der Waals surface area contributed by atoms with Crippen molar-refractivity contribution in [3.05, 3.63) is 0 Å². The maximum atomic E-state index is 10.6. The van der Waals surface area contributed by atoms with E-state index in [1.54, 1.807) is 0 Å². The molecule has 2 atom stereocenters. The Balaban J connectivity index is 2.89. The maximum Gasteiger partial charge on any atom is 0.324 e. The number of carbonyl (C=O) groups is 2. The zero-order valence-corrected chi connectivity index (χ0v) is 6.49. The summed E-state index contributed by atoms with van der Waals surface area (Å²) >= 11 is 0. The Labute approximate surface area is 69.2 Å². The Kier molecular flexibility index (Phi) is 2.06. The summed E-state index contributed by atoms with van der Waals surface area (Å²) in [5.41, 5.74) is 3.92. The van der Waals surface area contributed by atoms with Crippen LogP contribution in [-0.4, -0.2) is 27.7 Å². The molecule has 1 aliphatic carbocycles. The van der Waals surface area contributed by atoms with Crippen LogP contribution in [0, 0.1) is 5.92 Å². The molecule has 5 heteroatoms. The Morgan fingerprint density at radius 1 is 1.42 bits per heavy atom. The first-order chi connectivity index (χ1) is 5.48. The molecule has 1 rings (SSSR count). The summed E-state index contributed by atoms with van der Waals surface area (Å²) < 4.78 is 0. The van der Waals surface area contributed by atoms with E-state index in [0.717, 1.165) is 0 Å². The molecule has 12 heavy (non-hydrogen) atoms. The highest BCUT2D eigenvalue weighted by atomic mass is 16.4. The lowest BCUT2D eigenvalue weighted by atomic mass is 9.88. The predicted molar refractivity (Wildman–Crippen MR) is 39.5 cm³/mol. The van der Waals surface area contributed by atoms with Crippen molar-refractivity contribution in [3.63, 3.8) is 0 Å². The van der Waals surface area contributed by atoms with Gasteiger partial charge in [0.2, 0.25) is 0 Å². The molecule has 0 aromatic carbocycles. The average molecular weight is 173 g/mol. The molecule has 5 nitrogen and oxygen atoms in total. The molecule has 1 unspecified atom stereocenters. The van der Waals surface area contributed by atoms with E-state index in [1.165, 1.54) is 0 Å². The largest absolute Gasteiger partial charge is 0.481 e. The number of hydrogen-bond donors (Lipinski definition) is 3. The van der Waals surface area contributed by atoms with Crippen molar-refractivity contribution >= 4 is 11.9 Å². The van der Waals surface area contributed by atoms with Crippen LogP contribution in [0.5, 0.6) is 0 Å². The SMILES string of the molecule is N[C@@]1(C(=O)O)CCCC1C(=O)O. The quantitative estimate of drug-likeness (QED) is 0.530. The molecule has 0 bridgehead atoms. The zero-order valence-electron chi connectivity index (χ0n) is 6.49. The lowest BCUT2D eigenvalue weighted by molar-refractivity contribution is -0.153. The van der Waals surface area contributed by atoms with Gasteiger partial charge in [0.1, 0.15) is 5.54 Å². The fourth-order valence-corrected chi connectivity index (χ4v) is 1.63. The van der Waals surface area contributed by atoms with E-state index in [9.17, 15) is 9.59 Å². The molecule has 1 fully saturated rings. The lowest BCUT2D eigenvalue weighted by Gasteiger charge is -2.22. The third-order valence-corrected chi connectivity index (χ3v) is 2.40. The number of rotatable bonds is 2. The molecule has 4 N–H and O–H groups in total. The molecule has 0 aliphatic heterocycles. The van der Waals surface area contributed by atoms with Gasteiger partial charge in [-0.05, 0) is 12.8 Å². The van der Waals surface area contributed by atoms with Gasteiger partial charge in [-0.25, -0.2) is 0 Å². The van der Waals surface area contributed by atoms with Crippen LogP contribution in [0.2, 0.25) is 0 Å². The molecule has 68 valence electrons. The summed E-state index contributed by atoms with van der Waals surface area (Å²) in [6, 6.07) is 0. The number of carboxylic acid groups (broad SMARTS) is 2. The standard InChI is InChI=1S/C7H11NO4/c8-7(6(11)12)3-1-2-4(7)5(9)10/h4H,1-3,8H2,(H,9,10)(H,11,12)/t4?,7-/m0/s1. The minimum atomic E-state index is -1.55. The fourth-order valence-electron chi connectivity index (χ4n) is 1.63. The molecule has 1 aliphatic rings. The summed E-state index contributed by atoms with van der Waals surface area (Å²) in [5, 5.41) is 17.4. The van der Waals surface area contributed by atoms with E-state index in [1.807, 2.05) is 0 Å². The third-order valence-electron chi connectivity index (χ3n) is 2.40. The van der Waals surface area contributed by atoms with Crippen molar-refractivity contribution in [1.29, 1.82) is 0 Å². The Morgan fingerprint density at radius 2 is 2.00 bits per heavy atom. The molecule has 0 aromatic rings. The Hall–Kier alpha value is -1.10. The second-order valence-electron chi connectivity index (χ2n) is 3.13. The topological polar surface area (TPSA) is 101 Å². The fraction of sp³-hybridized carbons (Fsp3) is 0.714. The normalized spacial score (nSPS) is 34.9. The van der Waals surface area contributed by atoms with E-state index in [2.05, 4.69) is 0 Å². The summed E-state index contributed by atoms with van der Waals surface area (Å²) in [4.78, 5) is 21.2. The lowest BCUT2D eigenvalue weighted by Crippen LogP contribution is -2.53. The average Bonchev–Trinajstić information content (AvgIpc) is 2.32. The first-order valence-corrected chi connectivity index (χ1v) is 3.73. The van der Waals surface area contributed by atoms with E-state index in [-0.39, 0.29) is 6.42 Å². The van der Waals surface area contributed by atoms with Crippen LogP contribution < -0.4 is 5.73 Å². The summed E-state index contributed by atoms with van der Waals surface area (Å²) in [6.07, 6.45) is 1.18. The molecule has 0 heterocycles. The van der Waals surface area contributed by atoms with E-state index < -0.39 is 23.4 Å². The van der Waals surface area contributed by atoms with E-state index in [0.29, 0.717) is 12.8 Å². The van der Waals surface area contributed by atoms with Gasteiger partial charge in [0, 0.05) is 0 Å². The molecular formula is C7H11NO4. The second-order valence-corrected chi connectivity index (χ2v) is 3.13. The van der Waals surface area contributed by atoms with Gasteiger partial charge in [-0.3, -0.25) is 9.59 Å². The minimum absolute atomic E-state index is 0.249. The van der Waals surface area contributed by atoms with Gasteiger partial charge in [-0.2, -0.15) is 0 Å². The van der Waals surface area contributed by atoms with Crippen molar-refractivity contribution in [1.82, 2.24) is 0 Å². The van der Waals surface area contributed by atoms with Gasteiger partial charge < -0.3 is 15.9 Å². The smallest absolute Gasteiger partial charge is 0.324 e. The predicted octanol–water partition coefficient (Wildman–Crippen LogP) is -0.347. The highest BCUT2D eigenvalue weighted by Crippen LogP contribution is 2.33. The molecule has 0 amide bonds. The number of aliphatic carboxylic acids is 2. The van der Waals surface area contributed by atoms with Gasteiger partial charge in [-0.1, -0.05) is 6.42 Å². The maximum absolute atomic E-state index is 10.6. The van der Waals surface area contributed by atoms with Gasteiger partial charge in [0.25, 0.3) is 0 Å². The van der Waals surface area contributed by atoms with Crippen LogP contribution in [0.3, 0.4) is 0 Å². The summed E-state index contributed by atoms with van der Waals surface area (Å²) in [5.74, 6) is -3.26. The zero-order chi connectivity index (χ0) is 9.35. The van der Waals surface area contributed by atoms with Crippen molar-refractivity contribution in [2.45, 2.75) is 24.8 Å². The van der Waals surface area contributed by atoms with Crippen molar-refractivity contribution in [2.24, 2.45) is 11.7 Å². The number of nitrogens with two attached hydrogens (primary N) is 1. The van der Waals surface area contributed by atoms with Crippen LogP contribution in [-0.2, 0) is 9.59 Å². The molecule has 1 saturated carbocycles. The molecule has 0 radical (unpaired) electrons. The Morgan fingerprint density at radius 3 is 2.33 bits per heavy atom. The van der Waals surface area contributed by atoms with Crippen LogP contribution in [0.1, 0.15) is 19.3 Å². The molecule has 0 spiro atoms. The van der Waals surface area contributed by atoms with Crippen molar-refractivity contribution in [2.75, 3.05) is 0 Å². The van der Waals surface area contributed by atoms with Crippen LogP contribution in [0.15, 0.2) is 0 Å². The second kappa shape index (κ2) is 2.75. The first-order valence-electron chi connectivity index (χ1n) is 3.73. The van der Waals surface area contributed by atoms with Crippen LogP contribution in [0.25, 0.3) is 0 Å². The molecule has 0 aromatic heterocycles.